The summed E-state index contributed by atoms with van der Waals surface area (Å²) < 4.78 is 4.85. The minimum atomic E-state index is 0.158. The lowest BCUT2D eigenvalue weighted by Crippen LogP contribution is -2.06. The van der Waals surface area contributed by atoms with E-state index < -0.39 is 0 Å². The van der Waals surface area contributed by atoms with Gasteiger partial charge in [-0.2, -0.15) is 0 Å². The standard InChI is InChI=1S/C14H26O3/c1-12(2)14(16)9-7-5-4-6-8-13(15)10-11-17-3/h12H,4-11H2,1-3H3. The zero-order chi connectivity index (χ0) is 13.1. The molecular weight excluding hydrogens is 216 g/mol. The van der Waals surface area contributed by atoms with Crippen molar-refractivity contribution in [1.29, 1.82) is 0 Å². The number of hydrogen-bond donors (Lipinski definition) is 0. The second kappa shape index (κ2) is 10.5. The molecule has 0 aliphatic heterocycles. The van der Waals surface area contributed by atoms with Gasteiger partial charge in [-0.25, -0.2) is 0 Å². The minimum absolute atomic E-state index is 0.158. The highest BCUT2D eigenvalue weighted by Gasteiger charge is 2.06. The Morgan fingerprint density at radius 1 is 0.941 bits per heavy atom. The predicted molar refractivity (Wildman–Crippen MR) is 69.0 cm³/mol. The minimum Gasteiger partial charge on any atom is -0.384 e. The predicted octanol–water partition coefficient (Wildman–Crippen LogP) is 3.16. The number of hydrogen-bond acceptors (Lipinski definition) is 3. The average molecular weight is 242 g/mol. The summed E-state index contributed by atoms with van der Waals surface area (Å²) in [6.45, 7) is 4.41. The zero-order valence-electron chi connectivity index (χ0n) is 11.5. The van der Waals surface area contributed by atoms with E-state index in [9.17, 15) is 9.59 Å². The first-order valence-corrected chi connectivity index (χ1v) is 6.61. The summed E-state index contributed by atoms with van der Waals surface area (Å²) in [6, 6.07) is 0. The van der Waals surface area contributed by atoms with Crippen LogP contribution in [0.4, 0.5) is 0 Å². The third-order valence-corrected chi connectivity index (χ3v) is 2.86. The fourth-order valence-electron chi connectivity index (χ4n) is 1.60. The van der Waals surface area contributed by atoms with Crippen LogP contribution in [0.1, 0.15) is 58.8 Å². The Balaban J connectivity index is 3.29. The van der Waals surface area contributed by atoms with E-state index in [1.807, 2.05) is 13.8 Å². The molecule has 0 aliphatic carbocycles. The normalized spacial score (nSPS) is 10.8. The molecule has 3 heteroatoms. The topological polar surface area (TPSA) is 43.4 Å². The first kappa shape index (κ1) is 16.3. The van der Waals surface area contributed by atoms with Gasteiger partial charge in [-0.05, 0) is 12.8 Å². The van der Waals surface area contributed by atoms with Gasteiger partial charge in [0.25, 0.3) is 0 Å². The van der Waals surface area contributed by atoms with Gasteiger partial charge in [0.15, 0.2) is 0 Å². The van der Waals surface area contributed by atoms with E-state index in [2.05, 4.69) is 0 Å². The third-order valence-electron chi connectivity index (χ3n) is 2.86. The maximum atomic E-state index is 11.3. The van der Waals surface area contributed by atoms with E-state index in [1.54, 1.807) is 7.11 Å². The Morgan fingerprint density at radius 3 is 2.06 bits per heavy atom. The number of rotatable bonds is 11. The number of ether oxygens (including phenoxy) is 1. The van der Waals surface area contributed by atoms with Gasteiger partial charge in [0.2, 0.25) is 0 Å². The van der Waals surface area contributed by atoms with Gasteiger partial charge >= 0.3 is 0 Å². The summed E-state index contributed by atoms with van der Waals surface area (Å²) >= 11 is 0. The van der Waals surface area contributed by atoms with Gasteiger partial charge in [-0.15, -0.1) is 0 Å². The van der Waals surface area contributed by atoms with Crippen LogP contribution < -0.4 is 0 Å². The smallest absolute Gasteiger partial charge is 0.135 e. The van der Waals surface area contributed by atoms with Crippen molar-refractivity contribution < 1.29 is 14.3 Å². The number of methoxy groups -OCH3 is 1. The zero-order valence-corrected chi connectivity index (χ0v) is 11.5. The van der Waals surface area contributed by atoms with Crippen LogP contribution >= 0.6 is 0 Å². The summed E-state index contributed by atoms with van der Waals surface area (Å²) in [5.74, 6) is 0.789. The molecule has 0 aromatic rings. The largest absolute Gasteiger partial charge is 0.384 e. The van der Waals surface area contributed by atoms with E-state index in [-0.39, 0.29) is 11.7 Å². The highest BCUT2D eigenvalue weighted by atomic mass is 16.5. The Kier molecular flexibility index (Phi) is 10.0. The summed E-state index contributed by atoms with van der Waals surface area (Å²) in [4.78, 5) is 22.6. The molecule has 0 amide bonds. The summed E-state index contributed by atoms with van der Waals surface area (Å²) in [5, 5.41) is 0. The molecule has 0 fully saturated rings. The van der Waals surface area contributed by atoms with E-state index in [0.29, 0.717) is 31.7 Å². The first-order chi connectivity index (χ1) is 8.07. The molecule has 0 bridgehead atoms. The lowest BCUT2D eigenvalue weighted by atomic mass is 10.0. The van der Waals surface area contributed by atoms with Crippen LogP contribution in [0, 0.1) is 5.92 Å². The van der Waals surface area contributed by atoms with Crippen LogP contribution in [0.3, 0.4) is 0 Å². The SMILES string of the molecule is COCCC(=O)CCCCCCC(=O)C(C)C. The van der Waals surface area contributed by atoms with Crippen LogP contribution in [-0.4, -0.2) is 25.3 Å². The third kappa shape index (κ3) is 10.2. The lowest BCUT2D eigenvalue weighted by molar-refractivity contribution is -0.122. The number of ketones is 2. The summed E-state index contributed by atoms with van der Waals surface area (Å²) in [5.41, 5.74) is 0. The fraction of sp³-hybridized carbons (Fsp3) is 0.857. The van der Waals surface area contributed by atoms with Crippen LogP contribution in [0.25, 0.3) is 0 Å². The molecule has 0 saturated heterocycles. The van der Waals surface area contributed by atoms with Crippen LogP contribution in [0.2, 0.25) is 0 Å². The van der Waals surface area contributed by atoms with E-state index >= 15 is 0 Å². The van der Waals surface area contributed by atoms with Crippen molar-refractivity contribution in [2.24, 2.45) is 5.92 Å². The fourth-order valence-corrected chi connectivity index (χ4v) is 1.60. The van der Waals surface area contributed by atoms with Crippen molar-refractivity contribution in [3.8, 4) is 0 Å². The monoisotopic (exact) mass is 242 g/mol. The molecule has 0 aliphatic rings. The van der Waals surface area contributed by atoms with Gasteiger partial charge in [0.05, 0.1) is 6.61 Å². The van der Waals surface area contributed by atoms with Crippen molar-refractivity contribution >= 4 is 11.6 Å². The van der Waals surface area contributed by atoms with E-state index in [0.717, 1.165) is 25.7 Å². The maximum Gasteiger partial charge on any atom is 0.135 e. The molecule has 17 heavy (non-hydrogen) atoms. The molecule has 0 aromatic heterocycles. The van der Waals surface area contributed by atoms with Gasteiger partial charge in [-0.1, -0.05) is 26.7 Å². The molecule has 0 aromatic carbocycles. The second-order valence-corrected chi connectivity index (χ2v) is 4.82. The van der Waals surface area contributed by atoms with Crippen LogP contribution in [-0.2, 0) is 14.3 Å². The van der Waals surface area contributed by atoms with Crippen molar-refractivity contribution in [2.45, 2.75) is 58.8 Å². The number of carbonyl (C=O) groups excluding carboxylic acids is 2. The number of Topliss-reactive ketones (excluding diaryl/α,β-unsaturated/α-hetero) is 2. The van der Waals surface area contributed by atoms with Crippen LogP contribution in [0.5, 0.6) is 0 Å². The van der Waals surface area contributed by atoms with Crippen molar-refractivity contribution in [3.63, 3.8) is 0 Å². The molecular formula is C14H26O3. The summed E-state index contributed by atoms with van der Waals surface area (Å²) in [7, 11) is 1.61. The maximum absolute atomic E-state index is 11.3. The molecule has 100 valence electrons. The molecule has 0 atom stereocenters. The Labute approximate surface area is 105 Å². The van der Waals surface area contributed by atoms with E-state index in [1.165, 1.54) is 0 Å². The molecule has 0 saturated carbocycles. The van der Waals surface area contributed by atoms with Crippen molar-refractivity contribution in [3.05, 3.63) is 0 Å². The second-order valence-electron chi connectivity index (χ2n) is 4.82. The molecule has 0 rings (SSSR count). The van der Waals surface area contributed by atoms with Gasteiger partial charge in [-0.3, -0.25) is 9.59 Å². The lowest BCUT2D eigenvalue weighted by Gasteiger charge is -2.04. The number of unbranched alkanes of at least 4 members (excludes halogenated alkanes) is 3. The Bertz CT molecular complexity index is 222. The molecule has 3 nitrogen and oxygen atoms in total. The molecule has 0 heterocycles. The van der Waals surface area contributed by atoms with E-state index in [4.69, 9.17) is 4.74 Å². The molecule has 0 radical (unpaired) electrons. The molecule has 0 N–H and O–H groups in total. The van der Waals surface area contributed by atoms with Gasteiger partial charge in [0.1, 0.15) is 11.6 Å². The Morgan fingerprint density at radius 2 is 1.53 bits per heavy atom. The van der Waals surface area contributed by atoms with Crippen molar-refractivity contribution in [2.75, 3.05) is 13.7 Å². The quantitative estimate of drug-likeness (QED) is 0.523. The highest BCUT2D eigenvalue weighted by molar-refractivity contribution is 5.80. The average Bonchev–Trinajstić information content (AvgIpc) is 2.30. The number of carbonyl (C=O) groups is 2. The van der Waals surface area contributed by atoms with Gasteiger partial charge in [0, 0.05) is 32.3 Å². The summed E-state index contributed by atoms with van der Waals surface area (Å²) in [6.07, 6.45) is 5.88. The Hall–Kier alpha value is -0.700. The van der Waals surface area contributed by atoms with Crippen LogP contribution in [0.15, 0.2) is 0 Å². The highest BCUT2D eigenvalue weighted by Crippen LogP contribution is 2.09. The molecule has 0 spiro atoms. The molecule has 0 unspecified atom stereocenters. The van der Waals surface area contributed by atoms with Crippen molar-refractivity contribution in [1.82, 2.24) is 0 Å². The first-order valence-electron chi connectivity index (χ1n) is 6.61. The van der Waals surface area contributed by atoms with Gasteiger partial charge < -0.3 is 4.74 Å².